The van der Waals surface area contributed by atoms with Gasteiger partial charge in [-0.3, -0.25) is 4.79 Å². The Labute approximate surface area is 110 Å². The van der Waals surface area contributed by atoms with Gasteiger partial charge in [0.05, 0.1) is 0 Å². The molecule has 0 aromatic carbocycles. The number of hydrogen-bond acceptors (Lipinski definition) is 2. The van der Waals surface area contributed by atoms with Crippen LogP contribution in [0.15, 0.2) is 16.7 Å². The van der Waals surface area contributed by atoms with Crippen LogP contribution in [-0.4, -0.2) is 53.9 Å². The number of hydrogen-bond donors (Lipinski definition) is 1. The maximum absolute atomic E-state index is 12.1. The minimum absolute atomic E-state index is 0.0519. The van der Waals surface area contributed by atoms with Gasteiger partial charge in [-0.05, 0) is 48.4 Å². The van der Waals surface area contributed by atoms with E-state index in [0.717, 1.165) is 17.6 Å². The van der Waals surface area contributed by atoms with Gasteiger partial charge in [-0.1, -0.05) is 0 Å². The SMILES string of the molecule is CN(CC1CCCN1C)C(=O)c1cc(Br)c[nH]1. The predicted molar refractivity (Wildman–Crippen MR) is 71.1 cm³/mol. The van der Waals surface area contributed by atoms with E-state index in [1.165, 1.54) is 12.8 Å². The molecule has 1 aromatic heterocycles. The molecule has 94 valence electrons. The molecule has 2 rings (SSSR count). The van der Waals surface area contributed by atoms with Crippen LogP contribution in [0.4, 0.5) is 0 Å². The van der Waals surface area contributed by atoms with Crippen LogP contribution in [0.3, 0.4) is 0 Å². The average molecular weight is 300 g/mol. The Morgan fingerprint density at radius 2 is 2.47 bits per heavy atom. The van der Waals surface area contributed by atoms with Gasteiger partial charge in [-0.25, -0.2) is 0 Å². The van der Waals surface area contributed by atoms with E-state index in [-0.39, 0.29) is 5.91 Å². The van der Waals surface area contributed by atoms with Crippen LogP contribution >= 0.6 is 15.9 Å². The summed E-state index contributed by atoms with van der Waals surface area (Å²) in [6.07, 6.45) is 4.20. The lowest BCUT2D eigenvalue weighted by Crippen LogP contribution is -2.39. The number of likely N-dealkylation sites (N-methyl/N-ethyl adjacent to an activating group) is 2. The van der Waals surface area contributed by atoms with Crippen molar-refractivity contribution < 1.29 is 4.79 Å². The van der Waals surface area contributed by atoms with Crippen molar-refractivity contribution in [2.75, 3.05) is 27.2 Å². The van der Waals surface area contributed by atoms with Crippen LogP contribution in [-0.2, 0) is 0 Å². The number of nitrogens with zero attached hydrogens (tertiary/aromatic N) is 2. The number of halogens is 1. The van der Waals surface area contributed by atoms with Crippen molar-refractivity contribution in [3.63, 3.8) is 0 Å². The molecular weight excluding hydrogens is 282 g/mol. The molecule has 0 radical (unpaired) electrons. The van der Waals surface area contributed by atoms with Crippen LogP contribution in [0.2, 0.25) is 0 Å². The molecule has 1 amide bonds. The summed E-state index contributed by atoms with van der Waals surface area (Å²) in [7, 11) is 3.99. The maximum Gasteiger partial charge on any atom is 0.270 e. The number of rotatable bonds is 3. The van der Waals surface area contributed by atoms with Crippen molar-refractivity contribution in [2.45, 2.75) is 18.9 Å². The van der Waals surface area contributed by atoms with Gasteiger partial charge in [0.2, 0.25) is 0 Å². The highest BCUT2D eigenvalue weighted by Gasteiger charge is 2.24. The maximum atomic E-state index is 12.1. The Morgan fingerprint density at radius 3 is 3.00 bits per heavy atom. The number of aromatic nitrogens is 1. The second-order valence-electron chi connectivity index (χ2n) is 4.69. The molecule has 2 heterocycles. The van der Waals surface area contributed by atoms with Crippen LogP contribution in [0.25, 0.3) is 0 Å². The molecule has 1 aromatic rings. The van der Waals surface area contributed by atoms with Crippen molar-refractivity contribution in [3.8, 4) is 0 Å². The molecule has 0 bridgehead atoms. The van der Waals surface area contributed by atoms with Gasteiger partial charge in [0, 0.05) is 30.3 Å². The molecule has 1 saturated heterocycles. The van der Waals surface area contributed by atoms with Crippen molar-refractivity contribution >= 4 is 21.8 Å². The number of nitrogens with one attached hydrogen (secondary N) is 1. The molecule has 0 saturated carbocycles. The molecule has 1 fully saturated rings. The molecule has 4 nitrogen and oxygen atoms in total. The van der Waals surface area contributed by atoms with Crippen LogP contribution in [0.5, 0.6) is 0 Å². The molecule has 1 aliphatic heterocycles. The first kappa shape index (κ1) is 12.6. The monoisotopic (exact) mass is 299 g/mol. The molecule has 1 unspecified atom stereocenters. The second-order valence-corrected chi connectivity index (χ2v) is 5.61. The number of amides is 1. The quantitative estimate of drug-likeness (QED) is 0.926. The fraction of sp³-hybridized carbons (Fsp3) is 0.583. The summed E-state index contributed by atoms with van der Waals surface area (Å²) in [4.78, 5) is 19.2. The smallest absolute Gasteiger partial charge is 0.270 e. The minimum Gasteiger partial charge on any atom is -0.356 e. The van der Waals surface area contributed by atoms with E-state index >= 15 is 0 Å². The summed E-state index contributed by atoms with van der Waals surface area (Å²) in [5, 5.41) is 0. The highest BCUT2D eigenvalue weighted by Crippen LogP contribution is 2.17. The molecule has 1 aliphatic rings. The Hall–Kier alpha value is -0.810. The number of likely N-dealkylation sites (tertiary alicyclic amines) is 1. The number of aromatic amines is 1. The summed E-state index contributed by atoms with van der Waals surface area (Å²) >= 11 is 3.34. The topological polar surface area (TPSA) is 39.3 Å². The standard InChI is InChI=1S/C12H18BrN3O/c1-15-5-3-4-10(15)8-16(2)12(17)11-6-9(13)7-14-11/h6-7,10,14H,3-5,8H2,1-2H3. The van der Waals surface area contributed by atoms with E-state index in [2.05, 4.69) is 32.9 Å². The predicted octanol–water partition coefficient (Wildman–Crippen LogP) is 1.94. The summed E-state index contributed by atoms with van der Waals surface area (Å²) in [6.45, 7) is 1.94. The van der Waals surface area contributed by atoms with Gasteiger partial charge in [-0.2, -0.15) is 0 Å². The van der Waals surface area contributed by atoms with Crippen molar-refractivity contribution in [3.05, 3.63) is 22.4 Å². The summed E-state index contributed by atoms with van der Waals surface area (Å²) in [5.41, 5.74) is 0.639. The van der Waals surface area contributed by atoms with Gasteiger partial charge in [0.1, 0.15) is 5.69 Å². The van der Waals surface area contributed by atoms with Gasteiger partial charge in [0.15, 0.2) is 0 Å². The minimum atomic E-state index is 0.0519. The zero-order valence-electron chi connectivity index (χ0n) is 10.2. The van der Waals surface area contributed by atoms with Crippen LogP contribution in [0.1, 0.15) is 23.3 Å². The van der Waals surface area contributed by atoms with E-state index < -0.39 is 0 Å². The Bertz CT molecular complexity index is 404. The number of H-pyrrole nitrogens is 1. The van der Waals surface area contributed by atoms with E-state index in [0.29, 0.717) is 11.7 Å². The molecule has 0 spiro atoms. The molecule has 5 heteroatoms. The number of carbonyl (C=O) groups excluding carboxylic acids is 1. The number of carbonyl (C=O) groups is 1. The second kappa shape index (κ2) is 5.23. The Morgan fingerprint density at radius 1 is 1.71 bits per heavy atom. The first-order valence-corrected chi connectivity index (χ1v) is 6.67. The molecule has 1 N–H and O–H groups in total. The Kier molecular flexibility index (Phi) is 3.89. The van der Waals surface area contributed by atoms with E-state index in [4.69, 9.17) is 0 Å². The van der Waals surface area contributed by atoms with Crippen LogP contribution < -0.4 is 0 Å². The van der Waals surface area contributed by atoms with E-state index in [1.807, 2.05) is 13.1 Å². The molecule has 17 heavy (non-hydrogen) atoms. The lowest BCUT2D eigenvalue weighted by atomic mass is 10.2. The molecule has 1 atom stereocenters. The largest absolute Gasteiger partial charge is 0.356 e. The van der Waals surface area contributed by atoms with Gasteiger partial charge < -0.3 is 14.8 Å². The fourth-order valence-corrected chi connectivity index (χ4v) is 2.65. The first-order valence-electron chi connectivity index (χ1n) is 5.87. The third kappa shape index (κ3) is 2.90. The molecular formula is C12H18BrN3O. The van der Waals surface area contributed by atoms with E-state index in [1.54, 1.807) is 11.1 Å². The normalized spacial score (nSPS) is 20.8. The van der Waals surface area contributed by atoms with Gasteiger partial charge in [-0.15, -0.1) is 0 Å². The zero-order valence-corrected chi connectivity index (χ0v) is 11.8. The van der Waals surface area contributed by atoms with Gasteiger partial charge >= 0.3 is 0 Å². The summed E-state index contributed by atoms with van der Waals surface area (Å²) in [6, 6.07) is 2.32. The molecule has 0 aliphatic carbocycles. The lowest BCUT2D eigenvalue weighted by Gasteiger charge is -2.25. The van der Waals surface area contributed by atoms with Crippen molar-refractivity contribution in [2.24, 2.45) is 0 Å². The average Bonchev–Trinajstić information content (AvgIpc) is 2.88. The van der Waals surface area contributed by atoms with Gasteiger partial charge in [0.25, 0.3) is 5.91 Å². The highest BCUT2D eigenvalue weighted by molar-refractivity contribution is 9.10. The summed E-state index contributed by atoms with van der Waals surface area (Å²) in [5.74, 6) is 0.0519. The fourth-order valence-electron chi connectivity index (χ4n) is 2.31. The zero-order chi connectivity index (χ0) is 12.4. The van der Waals surface area contributed by atoms with Crippen LogP contribution in [0, 0.1) is 0 Å². The lowest BCUT2D eigenvalue weighted by molar-refractivity contribution is 0.0756. The van der Waals surface area contributed by atoms with E-state index in [9.17, 15) is 4.79 Å². The highest BCUT2D eigenvalue weighted by atomic mass is 79.9. The third-order valence-corrected chi connectivity index (χ3v) is 3.84. The Balaban J connectivity index is 1.95. The van der Waals surface area contributed by atoms with Crippen molar-refractivity contribution in [1.82, 2.24) is 14.8 Å². The first-order chi connectivity index (χ1) is 8.08. The van der Waals surface area contributed by atoms with Crippen molar-refractivity contribution in [1.29, 1.82) is 0 Å². The third-order valence-electron chi connectivity index (χ3n) is 3.38. The summed E-state index contributed by atoms with van der Waals surface area (Å²) < 4.78 is 0.909.